The van der Waals surface area contributed by atoms with Gasteiger partial charge in [0.25, 0.3) is 0 Å². The van der Waals surface area contributed by atoms with Crippen LogP contribution in [0.15, 0.2) is 47.5 Å². The molecule has 32 heavy (non-hydrogen) atoms. The minimum absolute atomic E-state index is 0.218. The van der Waals surface area contributed by atoms with Gasteiger partial charge in [0.05, 0.1) is 16.6 Å². The van der Waals surface area contributed by atoms with E-state index in [9.17, 15) is 21.6 Å². The van der Waals surface area contributed by atoms with Gasteiger partial charge in [-0.1, -0.05) is 18.2 Å². The first-order chi connectivity index (χ1) is 15.1. The third kappa shape index (κ3) is 6.78. The van der Waals surface area contributed by atoms with Crippen molar-refractivity contribution >= 4 is 16.0 Å². The van der Waals surface area contributed by atoms with E-state index in [-0.39, 0.29) is 6.04 Å². The second-order valence-corrected chi connectivity index (χ2v) is 9.63. The zero-order valence-corrected chi connectivity index (χ0v) is 18.0. The van der Waals surface area contributed by atoms with Gasteiger partial charge in [0, 0.05) is 32.4 Å². The number of hydrogen-bond acceptors (Lipinski definition) is 5. The van der Waals surface area contributed by atoms with Crippen LogP contribution in [-0.4, -0.2) is 60.0 Å². The van der Waals surface area contributed by atoms with Gasteiger partial charge in [-0.05, 0) is 43.4 Å². The summed E-state index contributed by atoms with van der Waals surface area (Å²) in [4.78, 5) is 11.7. The van der Waals surface area contributed by atoms with Crippen LogP contribution in [0.5, 0.6) is 0 Å². The van der Waals surface area contributed by atoms with Crippen molar-refractivity contribution in [1.29, 1.82) is 0 Å². The molecule has 0 saturated heterocycles. The number of alkyl halides is 3. The summed E-state index contributed by atoms with van der Waals surface area (Å²) in [5.41, 5.74) is 1.22. The summed E-state index contributed by atoms with van der Waals surface area (Å²) in [7, 11) is -3.44. The standard InChI is InChI=1S/C18H24N4O2S.C2HF3O2/c23-25(24,18-4-2-1-3-5-18)20-11-9-17-14-21(12-15-6-7-15)13-16-8-10-19-22(16)17;3-2(4,5)1(6)7/h1-5,8,10,15,17,20H,6-7,9,11-14H2;(H,6,7). The first-order valence-electron chi connectivity index (χ1n) is 10.2. The van der Waals surface area contributed by atoms with Crippen molar-refractivity contribution in [1.82, 2.24) is 19.4 Å². The maximum atomic E-state index is 12.3. The Morgan fingerprint density at radius 2 is 1.84 bits per heavy atom. The average molecular weight is 475 g/mol. The highest BCUT2D eigenvalue weighted by molar-refractivity contribution is 7.89. The van der Waals surface area contributed by atoms with Gasteiger partial charge in [0.2, 0.25) is 10.0 Å². The number of sulfonamides is 1. The number of rotatable bonds is 7. The molecule has 8 nitrogen and oxygen atoms in total. The molecule has 0 spiro atoms. The van der Waals surface area contributed by atoms with E-state index < -0.39 is 22.2 Å². The van der Waals surface area contributed by atoms with Gasteiger partial charge < -0.3 is 5.11 Å². The molecule has 1 aromatic carbocycles. The molecule has 4 rings (SSSR count). The second kappa shape index (κ2) is 10.0. The zero-order valence-electron chi connectivity index (χ0n) is 17.2. The van der Waals surface area contributed by atoms with E-state index in [1.807, 2.05) is 12.3 Å². The van der Waals surface area contributed by atoms with Crippen LogP contribution in [0.25, 0.3) is 0 Å². The number of hydrogen-bond donors (Lipinski definition) is 2. The molecule has 1 atom stereocenters. The number of nitrogens with one attached hydrogen (secondary N) is 1. The van der Waals surface area contributed by atoms with Crippen LogP contribution in [0.4, 0.5) is 13.2 Å². The van der Waals surface area contributed by atoms with Crippen LogP contribution < -0.4 is 4.72 Å². The maximum Gasteiger partial charge on any atom is 0.490 e. The molecule has 0 radical (unpaired) electrons. The highest BCUT2D eigenvalue weighted by Gasteiger charge is 2.38. The Kier molecular flexibility index (Phi) is 7.57. The molecule has 1 aliphatic carbocycles. The molecular formula is C20H25F3N4O4S. The van der Waals surface area contributed by atoms with Crippen LogP contribution in [0.2, 0.25) is 0 Å². The normalized spacial score (nSPS) is 19.0. The number of halogens is 3. The first-order valence-corrected chi connectivity index (χ1v) is 11.6. The fourth-order valence-electron chi connectivity index (χ4n) is 3.53. The fraction of sp³-hybridized carbons (Fsp3) is 0.500. The van der Waals surface area contributed by atoms with Crippen molar-refractivity contribution in [2.75, 3.05) is 19.6 Å². The molecule has 0 bridgehead atoms. The lowest BCUT2D eigenvalue weighted by atomic mass is 10.1. The molecule has 1 saturated carbocycles. The smallest absolute Gasteiger partial charge is 0.475 e. The van der Waals surface area contributed by atoms with E-state index in [0.29, 0.717) is 11.4 Å². The van der Waals surface area contributed by atoms with Crippen molar-refractivity contribution in [3.63, 3.8) is 0 Å². The molecule has 12 heteroatoms. The maximum absolute atomic E-state index is 12.3. The largest absolute Gasteiger partial charge is 0.490 e. The lowest BCUT2D eigenvalue weighted by Crippen LogP contribution is -2.40. The highest BCUT2D eigenvalue weighted by Crippen LogP contribution is 2.32. The lowest BCUT2D eigenvalue weighted by Gasteiger charge is -2.34. The van der Waals surface area contributed by atoms with Crippen LogP contribution in [0.1, 0.15) is 31.0 Å². The number of aromatic nitrogens is 2. The minimum Gasteiger partial charge on any atom is -0.475 e. The molecule has 2 aromatic rings. The Morgan fingerprint density at radius 1 is 1.19 bits per heavy atom. The minimum atomic E-state index is -5.08. The summed E-state index contributed by atoms with van der Waals surface area (Å²) >= 11 is 0. The number of carboxylic acid groups (broad SMARTS) is 1. The molecule has 2 aliphatic rings. The Hall–Kier alpha value is -2.44. The monoisotopic (exact) mass is 474 g/mol. The third-order valence-corrected chi connectivity index (χ3v) is 6.71. The Labute approximate surface area is 184 Å². The van der Waals surface area contributed by atoms with Crippen molar-refractivity contribution in [3.8, 4) is 0 Å². The van der Waals surface area contributed by atoms with Gasteiger partial charge in [-0.25, -0.2) is 17.9 Å². The number of carboxylic acids is 1. The Balaban J connectivity index is 0.000000360. The van der Waals surface area contributed by atoms with E-state index >= 15 is 0 Å². The second-order valence-electron chi connectivity index (χ2n) is 7.86. The van der Waals surface area contributed by atoms with Gasteiger partial charge in [-0.15, -0.1) is 0 Å². The summed E-state index contributed by atoms with van der Waals surface area (Å²) in [6.07, 6.45) is 0.188. The topological polar surface area (TPSA) is 105 Å². The number of aliphatic carboxylic acids is 1. The molecule has 2 N–H and O–H groups in total. The Morgan fingerprint density at radius 3 is 2.44 bits per heavy atom. The Bertz CT molecular complexity index is 1010. The summed E-state index contributed by atoms with van der Waals surface area (Å²) < 4.78 is 61.2. The first kappa shape index (κ1) is 24.2. The molecule has 1 unspecified atom stereocenters. The summed E-state index contributed by atoms with van der Waals surface area (Å²) in [6, 6.07) is 10.8. The lowest BCUT2D eigenvalue weighted by molar-refractivity contribution is -0.192. The SMILES string of the molecule is O=C(O)C(F)(F)F.O=S(=O)(NCCC1CN(CC2CC2)Cc2ccnn21)c1ccccc1. The summed E-state index contributed by atoms with van der Waals surface area (Å²) in [5, 5.41) is 11.6. The van der Waals surface area contributed by atoms with Gasteiger partial charge in [-0.2, -0.15) is 18.3 Å². The van der Waals surface area contributed by atoms with Crippen LogP contribution in [-0.2, 0) is 21.4 Å². The predicted molar refractivity (Wildman–Crippen MR) is 109 cm³/mol. The summed E-state index contributed by atoms with van der Waals surface area (Å²) in [5.74, 6) is -1.90. The van der Waals surface area contributed by atoms with Crippen molar-refractivity contribution in [2.24, 2.45) is 5.92 Å². The third-order valence-electron chi connectivity index (χ3n) is 5.23. The molecule has 1 aromatic heterocycles. The van der Waals surface area contributed by atoms with Crippen LogP contribution in [0, 0.1) is 5.92 Å². The number of fused-ring (bicyclic) bond motifs is 1. The quantitative estimate of drug-likeness (QED) is 0.640. The molecule has 1 fully saturated rings. The van der Waals surface area contributed by atoms with E-state index in [2.05, 4.69) is 25.5 Å². The van der Waals surface area contributed by atoms with Crippen molar-refractivity contribution < 1.29 is 31.5 Å². The zero-order chi connectivity index (χ0) is 23.4. The van der Waals surface area contributed by atoms with Gasteiger partial charge in [-0.3, -0.25) is 9.58 Å². The van der Waals surface area contributed by atoms with Gasteiger partial charge in [0.15, 0.2) is 0 Å². The highest BCUT2D eigenvalue weighted by atomic mass is 32.2. The molecular weight excluding hydrogens is 449 g/mol. The number of nitrogens with zero attached hydrogens (tertiary/aromatic N) is 3. The van der Waals surface area contributed by atoms with E-state index in [1.165, 1.54) is 18.5 Å². The van der Waals surface area contributed by atoms with E-state index in [4.69, 9.17) is 9.90 Å². The molecule has 1 aliphatic heterocycles. The van der Waals surface area contributed by atoms with Crippen LogP contribution in [0.3, 0.4) is 0 Å². The molecule has 2 heterocycles. The van der Waals surface area contributed by atoms with Crippen molar-refractivity contribution in [2.45, 2.75) is 42.9 Å². The number of benzene rings is 1. The van der Waals surface area contributed by atoms with Gasteiger partial charge >= 0.3 is 12.1 Å². The van der Waals surface area contributed by atoms with Gasteiger partial charge in [0.1, 0.15) is 0 Å². The van der Waals surface area contributed by atoms with E-state index in [0.717, 1.165) is 32.0 Å². The molecule has 176 valence electrons. The number of carbonyl (C=O) groups is 1. The van der Waals surface area contributed by atoms with E-state index in [1.54, 1.807) is 24.3 Å². The fourth-order valence-corrected chi connectivity index (χ4v) is 4.59. The average Bonchev–Trinajstić information content (AvgIpc) is 3.41. The predicted octanol–water partition coefficient (Wildman–Crippen LogP) is 2.65. The van der Waals surface area contributed by atoms with Crippen molar-refractivity contribution in [3.05, 3.63) is 48.3 Å². The molecule has 0 amide bonds. The van der Waals surface area contributed by atoms with Crippen LogP contribution >= 0.6 is 0 Å². The summed E-state index contributed by atoms with van der Waals surface area (Å²) in [6.45, 7) is 3.46.